The van der Waals surface area contributed by atoms with E-state index in [0.29, 0.717) is 9.92 Å². The standard InChI is InChI=1S/C20H22ClN3O2S/c1-23(2)12-13-24-14-19(15-4-8-17(21)9-5-15)20(22-24)16-6-10-18(11-7-16)27(3,25)26/h4-11,14H,12-13H2,1-3H3. The Bertz CT molecular complexity index is 1020. The molecule has 3 rings (SSSR count). The number of sulfone groups is 1. The van der Waals surface area contributed by atoms with Crippen molar-refractivity contribution in [3.8, 4) is 22.4 Å². The lowest BCUT2D eigenvalue weighted by Gasteiger charge is -2.08. The highest BCUT2D eigenvalue weighted by molar-refractivity contribution is 7.90. The number of nitrogens with zero attached hydrogens (tertiary/aromatic N) is 3. The molecule has 0 unspecified atom stereocenters. The molecular formula is C20H22ClN3O2S. The van der Waals surface area contributed by atoms with E-state index in [2.05, 4.69) is 4.90 Å². The van der Waals surface area contributed by atoms with E-state index >= 15 is 0 Å². The van der Waals surface area contributed by atoms with Gasteiger partial charge in [0.05, 0.1) is 11.4 Å². The van der Waals surface area contributed by atoms with E-state index in [1.165, 1.54) is 6.26 Å². The zero-order valence-corrected chi connectivity index (χ0v) is 17.1. The summed E-state index contributed by atoms with van der Waals surface area (Å²) in [7, 11) is 0.817. The third kappa shape index (κ3) is 4.77. The zero-order valence-electron chi connectivity index (χ0n) is 15.6. The van der Waals surface area contributed by atoms with Gasteiger partial charge in [-0.15, -0.1) is 0 Å². The molecule has 142 valence electrons. The van der Waals surface area contributed by atoms with Crippen molar-refractivity contribution in [2.24, 2.45) is 0 Å². The van der Waals surface area contributed by atoms with Gasteiger partial charge in [-0.25, -0.2) is 8.42 Å². The van der Waals surface area contributed by atoms with Crippen molar-refractivity contribution in [2.45, 2.75) is 11.4 Å². The van der Waals surface area contributed by atoms with Crippen LogP contribution in [0.2, 0.25) is 5.02 Å². The second-order valence-electron chi connectivity index (χ2n) is 6.76. The highest BCUT2D eigenvalue weighted by Crippen LogP contribution is 2.32. The zero-order chi connectivity index (χ0) is 19.6. The van der Waals surface area contributed by atoms with Gasteiger partial charge in [0.15, 0.2) is 9.84 Å². The molecule has 1 aromatic heterocycles. The Morgan fingerprint density at radius 1 is 1.00 bits per heavy atom. The van der Waals surface area contributed by atoms with E-state index in [1.54, 1.807) is 24.3 Å². The fraction of sp³-hybridized carbons (Fsp3) is 0.250. The smallest absolute Gasteiger partial charge is 0.175 e. The molecule has 27 heavy (non-hydrogen) atoms. The van der Waals surface area contributed by atoms with Crippen LogP contribution in [0.5, 0.6) is 0 Å². The summed E-state index contributed by atoms with van der Waals surface area (Å²) in [5.74, 6) is 0. The fourth-order valence-electron chi connectivity index (χ4n) is 2.75. The SMILES string of the molecule is CN(C)CCn1cc(-c2ccc(Cl)cc2)c(-c2ccc(S(C)(=O)=O)cc2)n1. The molecule has 1 heterocycles. The molecule has 0 spiro atoms. The highest BCUT2D eigenvalue weighted by Gasteiger charge is 2.15. The summed E-state index contributed by atoms with van der Waals surface area (Å²) >= 11 is 6.02. The summed E-state index contributed by atoms with van der Waals surface area (Å²) < 4.78 is 25.4. The topological polar surface area (TPSA) is 55.2 Å². The van der Waals surface area contributed by atoms with Crippen molar-refractivity contribution in [2.75, 3.05) is 26.9 Å². The Morgan fingerprint density at radius 3 is 2.15 bits per heavy atom. The van der Waals surface area contributed by atoms with Crippen molar-refractivity contribution < 1.29 is 8.42 Å². The molecule has 0 aliphatic rings. The van der Waals surface area contributed by atoms with Crippen LogP contribution in [0.15, 0.2) is 59.6 Å². The number of benzene rings is 2. The molecular weight excluding hydrogens is 382 g/mol. The number of hydrogen-bond donors (Lipinski definition) is 0. The number of halogens is 1. The van der Waals surface area contributed by atoms with Crippen molar-refractivity contribution >= 4 is 21.4 Å². The largest absolute Gasteiger partial charge is 0.308 e. The van der Waals surface area contributed by atoms with Crippen molar-refractivity contribution in [1.29, 1.82) is 0 Å². The Morgan fingerprint density at radius 2 is 1.59 bits per heavy atom. The van der Waals surface area contributed by atoms with Crippen LogP contribution in [0.25, 0.3) is 22.4 Å². The van der Waals surface area contributed by atoms with Gasteiger partial charge in [-0.05, 0) is 43.9 Å². The molecule has 0 radical (unpaired) electrons. The van der Waals surface area contributed by atoms with E-state index in [1.807, 2.05) is 49.2 Å². The molecule has 0 amide bonds. The minimum absolute atomic E-state index is 0.298. The third-order valence-electron chi connectivity index (χ3n) is 4.25. The van der Waals surface area contributed by atoms with Crippen LogP contribution in [0.1, 0.15) is 0 Å². The van der Waals surface area contributed by atoms with Gasteiger partial charge in [0.2, 0.25) is 0 Å². The second kappa shape index (κ2) is 7.84. The van der Waals surface area contributed by atoms with Gasteiger partial charge >= 0.3 is 0 Å². The molecule has 5 nitrogen and oxygen atoms in total. The maximum absolute atomic E-state index is 11.7. The Labute approximate surface area is 165 Å². The number of likely N-dealkylation sites (N-methyl/N-ethyl adjacent to an activating group) is 1. The van der Waals surface area contributed by atoms with Crippen LogP contribution < -0.4 is 0 Å². The highest BCUT2D eigenvalue weighted by atomic mass is 35.5. The predicted molar refractivity (Wildman–Crippen MR) is 110 cm³/mol. The summed E-state index contributed by atoms with van der Waals surface area (Å²) in [6.45, 7) is 1.63. The third-order valence-corrected chi connectivity index (χ3v) is 5.63. The van der Waals surface area contributed by atoms with E-state index < -0.39 is 9.84 Å². The fourth-order valence-corrected chi connectivity index (χ4v) is 3.51. The van der Waals surface area contributed by atoms with E-state index in [0.717, 1.165) is 35.5 Å². The summed E-state index contributed by atoms with van der Waals surface area (Å²) in [5, 5.41) is 5.43. The predicted octanol–water partition coefficient (Wildman–Crippen LogP) is 3.84. The summed E-state index contributed by atoms with van der Waals surface area (Å²) in [6.07, 6.45) is 3.23. The molecule has 3 aromatic rings. The van der Waals surface area contributed by atoms with Gasteiger partial charge in [0, 0.05) is 35.1 Å². The Balaban J connectivity index is 2.05. The summed E-state index contributed by atoms with van der Waals surface area (Å²) in [4.78, 5) is 2.40. The first-order chi connectivity index (χ1) is 12.7. The molecule has 0 N–H and O–H groups in total. The van der Waals surface area contributed by atoms with Crippen LogP contribution in [0.3, 0.4) is 0 Å². The van der Waals surface area contributed by atoms with E-state index in [-0.39, 0.29) is 0 Å². The maximum Gasteiger partial charge on any atom is 0.175 e. The quantitative estimate of drug-likeness (QED) is 0.627. The number of hydrogen-bond acceptors (Lipinski definition) is 4. The number of rotatable bonds is 6. The van der Waals surface area contributed by atoms with Crippen molar-refractivity contribution in [1.82, 2.24) is 14.7 Å². The van der Waals surface area contributed by atoms with Crippen LogP contribution >= 0.6 is 11.6 Å². The minimum Gasteiger partial charge on any atom is -0.308 e. The summed E-state index contributed by atoms with van der Waals surface area (Å²) in [6, 6.07) is 14.5. The normalized spacial score (nSPS) is 11.9. The van der Waals surface area contributed by atoms with Gasteiger partial charge in [0.25, 0.3) is 0 Å². The maximum atomic E-state index is 11.7. The summed E-state index contributed by atoms with van der Waals surface area (Å²) in [5.41, 5.74) is 3.68. The minimum atomic E-state index is -3.23. The first-order valence-electron chi connectivity index (χ1n) is 8.52. The van der Waals surface area contributed by atoms with Crippen molar-refractivity contribution in [3.63, 3.8) is 0 Å². The van der Waals surface area contributed by atoms with Crippen LogP contribution in [-0.2, 0) is 16.4 Å². The van der Waals surface area contributed by atoms with Crippen LogP contribution in [0, 0.1) is 0 Å². The lowest BCUT2D eigenvalue weighted by Crippen LogP contribution is -2.18. The van der Waals surface area contributed by atoms with Crippen LogP contribution in [0.4, 0.5) is 0 Å². The van der Waals surface area contributed by atoms with Gasteiger partial charge in [-0.2, -0.15) is 5.10 Å². The average molecular weight is 404 g/mol. The lowest BCUT2D eigenvalue weighted by atomic mass is 10.0. The van der Waals surface area contributed by atoms with Gasteiger partial charge < -0.3 is 4.90 Å². The van der Waals surface area contributed by atoms with Gasteiger partial charge in [-0.3, -0.25) is 4.68 Å². The molecule has 0 bridgehead atoms. The van der Waals surface area contributed by atoms with E-state index in [9.17, 15) is 8.42 Å². The van der Waals surface area contributed by atoms with E-state index in [4.69, 9.17) is 16.7 Å². The second-order valence-corrected chi connectivity index (χ2v) is 9.21. The molecule has 2 aromatic carbocycles. The lowest BCUT2D eigenvalue weighted by molar-refractivity contribution is 0.373. The molecule has 0 aliphatic heterocycles. The monoisotopic (exact) mass is 403 g/mol. The first kappa shape index (κ1) is 19.6. The van der Waals surface area contributed by atoms with Gasteiger partial charge in [-0.1, -0.05) is 35.9 Å². The number of aromatic nitrogens is 2. The molecule has 7 heteroatoms. The Kier molecular flexibility index (Phi) is 5.69. The molecule has 0 atom stereocenters. The molecule has 0 aliphatic carbocycles. The molecule has 0 saturated heterocycles. The average Bonchev–Trinajstić information content (AvgIpc) is 3.04. The first-order valence-corrected chi connectivity index (χ1v) is 10.8. The van der Waals surface area contributed by atoms with Gasteiger partial charge in [0.1, 0.15) is 5.69 Å². The molecule has 0 saturated carbocycles. The van der Waals surface area contributed by atoms with Crippen LogP contribution in [-0.4, -0.2) is 50.0 Å². The van der Waals surface area contributed by atoms with Crippen molar-refractivity contribution in [3.05, 3.63) is 59.8 Å². The molecule has 0 fully saturated rings. The Hall–Kier alpha value is -2.15.